The van der Waals surface area contributed by atoms with Gasteiger partial charge in [-0.15, -0.1) is 0 Å². The molecule has 2 aromatic carbocycles. The van der Waals surface area contributed by atoms with Crippen molar-refractivity contribution in [1.82, 2.24) is 9.88 Å². The van der Waals surface area contributed by atoms with E-state index in [0.717, 1.165) is 11.3 Å². The number of carbonyl (C=O) groups is 2. The van der Waals surface area contributed by atoms with E-state index in [1.165, 1.54) is 4.90 Å². The molecule has 1 N–H and O–H groups in total. The van der Waals surface area contributed by atoms with Crippen molar-refractivity contribution in [2.45, 2.75) is 12.6 Å². The number of likely N-dealkylation sites (tertiary alicyclic amines) is 1. The molecule has 1 amide bonds. The minimum Gasteiger partial charge on any atom is -0.507 e. The standard InChI is InChI=1S/C26H25N3O4/c1-28(2)20-11-7-17(8-12-20)23-22(24(30)18-9-13-21(33-3)14-10-18)25(31)26(32)29(23)16-19-6-4-5-15-27-19/h4-15,23,30H,16H2,1-3H3/b24-22-. The van der Waals surface area contributed by atoms with Gasteiger partial charge in [-0.3, -0.25) is 14.6 Å². The largest absolute Gasteiger partial charge is 0.507 e. The van der Waals surface area contributed by atoms with Gasteiger partial charge >= 0.3 is 0 Å². The van der Waals surface area contributed by atoms with E-state index >= 15 is 0 Å². The van der Waals surface area contributed by atoms with Gasteiger partial charge in [-0.1, -0.05) is 18.2 Å². The Hall–Kier alpha value is -4.13. The molecule has 0 bridgehead atoms. The highest BCUT2D eigenvalue weighted by atomic mass is 16.5. The summed E-state index contributed by atoms with van der Waals surface area (Å²) < 4.78 is 5.18. The zero-order chi connectivity index (χ0) is 23.5. The van der Waals surface area contributed by atoms with Gasteiger partial charge in [0.2, 0.25) is 0 Å². The van der Waals surface area contributed by atoms with Gasteiger partial charge < -0.3 is 19.6 Å². The lowest BCUT2D eigenvalue weighted by Gasteiger charge is -2.25. The van der Waals surface area contributed by atoms with Crippen LogP contribution in [0.25, 0.3) is 5.76 Å². The fourth-order valence-electron chi connectivity index (χ4n) is 3.91. The number of anilines is 1. The Morgan fingerprint density at radius 1 is 1.03 bits per heavy atom. The number of nitrogens with zero attached hydrogens (tertiary/aromatic N) is 3. The van der Waals surface area contributed by atoms with Crippen LogP contribution in [0.2, 0.25) is 0 Å². The van der Waals surface area contributed by atoms with E-state index in [2.05, 4.69) is 4.98 Å². The van der Waals surface area contributed by atoms with E-state index in [4.69, 9.17) is 4.74 Å². The average Bonchev–Trinajstić information content (AvgIpc) is 3.09. The molecule has 0 saturated carbocycles. The molecule has 1 aliphatic heterocycles. The molecule has 0 spiro atoms. The maximum absolute atomic E-state index is 13.1. The van der Waals surface area contributed by atoms with Crippen molar-refractivity contribution < 1.29 is 19.4 Å². The molecule has 1 aliphatic rings. The van der Waals surface area contributed by atoms with Crippen LogP contribution in [0.4, 0.5) is 5.69 Å². The summed E-state index contributed by atoms with van der Waals surface area (Å²) in [5, 5.41) is 11.1. The molecular formula is C26H25N3O4. The smallest absolute Gasteiger partial charge is 0.296 e. The molecule has 168 valence electrons. The number of pyridine rings is 1. The first kappa shape index (κ1) is 22.1. The maximum Gasteiger partial charge on any atom is 0.296 e. The third-order valence-electron chi connectivity index (χ3n) is 5.69. The summed E-state index contributed by atoms with van der Waals surface area (Å²) in [4.78, 5) is 34.0. The first-order valence-electron chi connectivity index (χ1n) is 10.5. The second kappa shape index (κ2) is 9.16. The second-order valence-electron chi connectivity index (χ2n) is 7.96. The zero-order valence-corrected chi connectivity index (χ0v) is 18.7. The second-order valence-corrected chi connectivity index (χ2v) is 7.96. The van der Waals surface area contributed by atoms with Gasteiger partial charge in [-0.2, -0.15) is 0 Å². The molecule has 3 aromatic rings. The fourth-order valence-corrected chi connectivity index (χ4v) is 3.91. The number of rotatable bonds is 6. The number of benzene rings is 2. The Labute approximate surface area is 192 Å². The summed E-state index contributed by atoms with van der Waals surface area (Å²) in [5.41, 5.74) is 2.85. The van der Waals surface area contributed by atoms with Crippen LogP contribution < -0.4 is 9.64 Å². The lowest BCUT2D eigenvalue weighted by Crippen LogP contribution is -2.29. The van der Waals surface area contributed by atoms with Crippen molar-refractivity contribution in [3.63, 3.8) is 0 Å². The van der Waals surface area contributed by atoms with Crippen molar-refractivity contribution >= 4 is 23.1 Å². The van der Waals surface area contributed by atoms with Crippen LogP contribution in [-0.4, -0.2) is 47.9 Å². The summed E-state index contributed by atoms with van der Waals surface area (Å²) in [5.74, 6) is -0.988. The molecule has 1 atom stereocenters. The number of hydrogen-bond donors (Lipinski definition) is 1. The van der Waals surface area contributed by atoms with E-state index in [9.17, 15) is 14.7 Å². The molecule has 1 fully saturated rings. The number of Topliss-reactive ketones (excluding diaryl/α,β-unsaturated/α-hetero) is 1. The number of methoxy groups -OCH3 is 1. The van der Waals surface area contributed by atoms with Crippen LogP contribution in [-0.2, 0) is 16.1 Å². The van der Waals surface area contributed by atoms with Crippen LogP contribution >= 0.6 is 0 Å². The minimum atomic E-state index is -0.745. The fraction of sp³-hybridized carbons (Fsp3) is 0.192. The van der Waals surface area contributed by atoms with E-state index < -0.39 is 17.7 Å². The van der Waals surface area contributed by atoms with Gasteiger partial charge in [0.25, 0.3) is 11.7 Å². The third kappa shape index (κ3) is 4.30. The molecule has 2 heterocycles. The summed E-state index contributed by atoms with van der Waals surface area (Å²) in [7, 11) is 5.42. The summed E-state index contributed by atoms with van der Waals surface area (Å²) >= 11 is 0. The molecule has 1 unspecified atom stereocenters. The lowest BCUT2D eigenvalue weighted by molar-refractivity contribution is -0.140. The molecule has 7 nitrogen and oxygen atoms in total. The maximum atomic E-state index is 13.1. The highest BCUT2D eigenvalue weighted by Crippen LogP contribution is 2.40. The van der Waals surface area contributed by atoms with Gasteiger partial charge in [-0.05, 0) is 54.1 Å². The monoisotopic (exact) mass is 443 g/mol. The molecule has 0 aliphatic carbocycles. The van der Waals surface area contributed by atoms with Crippen LogP contribution in [0.1, 0.15) is 22.9 Å². The SMILES string of the molecule is COc1ccc(/C(O)=C2/C(=O)C(=O)N(Cc3ccccn3)C2c2ccc(N(C)C)cc2)cc1. The van der Waals surface area contributed by atoms with Gasteiger partial charge in [0, 0.05) is 31.5 Å². The molecule has 33 heavy (non-hydrogen) atoms. The van der Waals surface area contributed by atoms with E-state index in [-0.39, 0.29) is 17.9 Å². The van der Waals surface area contributed by atoms with Crippen LogP contribution in [0.5, 0.6) is 5.75 Å². The van der Waals surface area contributed by atoms with E-state index in [0.29, 0.717) is 17.0 Å². The molecule has 4 rings (SSSR count). The molecule has 7 heteroatoms. The van der Waals surface area contributed by atoms with Crippen molar-refractivity contribution in [2.24, 2.45) is 0 Å². The van der Waals surface area contributed by atoms with Crippen molar-refractivity contribution in [3.05, 3.63) is 95.3 Å². The predicted octanol–water partition coefficient (Wildman–Crippen LogP) is 3.78. The zero-order valence-electron chi connectivity index (χ0n) is 18.7. The Morgan fingerprint density at radius 3 is 2.30 bits per heavy atom. The Kier molecular flexibility index (Phi) is 6.13. The topological polar surface area (TPSA) is 83.0 Å². The van der Waals surface area contributed by atoms with Crippen molar-refractivity contribution in [1.29, 1.82) is 0 Å². The number of ketones is 1. The Balaban J connectivity index is 1.83. The summed E-state index contributed by atoms with van der Waals surface area (Å²) in [6.07, 6.45) is 1.64. The number of aliphatic hydroxyl groups is 1. The van der Waals surface area contributed by atoms with Gasteiger partial charge in [0.15, 0.2) is 0 Å². The van der Waals surface area contributed by atoms with Gasteiger partial charge in [0.1, 0.15) is 11.5 Å². The summed E-state index contributed by atoms with van der Waals surface area (Å²) in [6.45, 7) is 0.144. The van der Waals surface area contributed by atoms with E-state index in [1.807, 2.05) is 49.3 Å². The number of aromatic nitrogens is 1. The Morgan fingerprint density at radius 2 is 1.73 bits per heavy atom. The van der Waals surface area contributed by atoms with Crippen molar-refractivity contribution in [2.75, 3.05) is 26.1 Å². The van der Waals surface area contributed by atoms with Crippen LogP contribution in [0, 0.1) is 0 Å². The van der Waals surface area contributed by atoms with Crippen LogP contribution in [0.3, 0.4) is 0 Å². The predicted molar refractivity (Wildman–Crippen MR) is 126 cm³/mol. The van der Waals surface area contributed by atoms with Gasteiger partial charge in [0.05, 0.1) is 31.0 Å². The highest BCUT2D eigenvalue weighted by molar-refractivity contribution is 6.46. The molecule has 0 radical (unpaired) electrons. The molecule has 1 saturated heterocycles. The van der Waals surface area contributed by atoms with E-state index in [1.54, 1.807) is 49.7 Å². The number of carbonyl (C=O) groups excluding carboxylic acids is 2. The third-order valence-corrected chi connectivity index (χ3v) is 5.69. The molecule has 1 aromatic heterocycles. The summed E-state index contributed by atoms with van der Waals surface area (Å²) in [6, 6.07) is 19.0. The number of ether oxygens (including phenoxy) is 1. The highest BCUT2D eigenvalue weighted by Gasteiger charge is 2.46. The minimum absolute atomic E-state index is 0.0544. The number of amides is 1. The first-order valence-corrected chi connectivity index (χ1v) is 10.5. The number of hydrogen-bond acceptors (Lipinski definition) is 6. The average molecular weight is 444 g/mol. The van der Waals surface area contributed by atoms with Gasteiger partial charge in [-0.25, -0.2) is 0 Å². The Bertz CT molecular complexity index is 1190. The quantitative estimate of drug-likeness (QED) is 0.355. The van der Waals surface area contributed by atoms with Crippen LogP contribution in [0.15, 0.2) is 78.5 Å². The lowest BCUT2D eigenvalue weighted by atomic mass is 9.95. The van der Waals surface area contributed by atoms with Crippen molar-refractivity contribution in [3.8, 4) is 5.75 Å². The number of aliphatic hydroxyl groups excluding tert-OH is 1. The first-order chi connectivity index (χ1) is 15.9. The molecular weight excluding hydrogens is 418 g/mol. The normalized spacial score (nSPS) is 17.3.